The van der Waals surface area contributed by atoms with Gasteiger partial charge < -0.3 is 10.2 Å². The van der Waals surface area contributed by atoms with E-state index in [0.29, 0.717) is 5.41 Å². The van der Waals surface area contributed by atoms with Crippen LogP contribution in [0, 0.1) is 5.41 Å². The third kappa shape index (κ3) is 44.5. The Morgan fingerprint density at radius 3 is 1.74 bits per heavy atom. The Labute approximate surface area is 219 Å². The molecule has 1 N–H and O–H groups in total. The van der Waals surface area contributed by atoms with Crippen LogP contribution in [0.1, 0.15) is 121 Å². The second-order valence-electron chi connectivity index (χ2n) is 8.77. The molecule has 1 aromatic carbocycles. The molecule has 0 aliphatic rings. The zero-order valence-corrected chi connectivity index (χ0v) is 26.6. The number of allylic oxidation sites excluding steroid dienone is 1. The minimum atomic E-state index is 0.431. The smallest absolute Gasteiger partial charge is 0.00147 e. The van der Waals surface area contributed by atoms with Gasteiger partial charge in [0.1, 0.15) is 0 Å². The number of benzene rings is 1. The van der Waals surface area contributed by atoms with Crippen LogP contribution < -0.4 is 5.32 Å². The third-order valence-corrected chi connectivity index (χ3v) is 4.25. The summed E-state index contributed by atoms with van der Waals surface area (Å²) in [5.74, 6) is 0. The Bertz CT molecular complexity index is 456. The highest BCUT2D eigenvalue weighted by molar-refractivity contribution is 5.14. The fraction of sp³-hybridized carbons (Fsp3) is 0.750. The summed E-state index contributed by atoms with van der Waals surface area (Å²) < 4.78 is 0. The normalized spacial score (nSPS) is 9.94. The lowest BCUT2D eigenvalue weighted by Crippen LogP contribution is -2.12. The zero-order valence-electron chi connectivity index (χ0n) is 26.6. The van der Waals surface area contributed by atoms with Crippen LogP contribution >= 0.6 is 0 Å². The first kappa shape index (κ1) is 43.0. The van der Waals surface area contributed by atoms with Crippen molar-refractivity contribution in [1.82, 2.24) is 10.2 Å². The fourth-order valence-electron chi connectivity index (χ4n) is 2.48. The van der Waals surface area contributed by atoms with Crippen LogP contribution in [0.3, 0.4) is 0 Å². The molecular weight excluding hydrogens is 412 g/mol. The van der Waals surface area contributed by atoms with Gasteiger partial charge in [0.2, 0.25) is 0 Å². The maximum atomic E-state index is 3.15. The summed E-state index contributed by atoms with van der Waals surface area (Å²) in [6.45, 7) is 27.3. The van der Waals surface area contributed by atoms with Crippen LogP contribution in [0.2, 0.25) is 0 Å². The molecule has 34 heavy (non-hydrogen) atoms. The first-order chi connectivity index (χ1) is 16.2. The number of nitrogens with zero attached hydrogens (tertiary/aromatic N) is 1. The second kappa shape index (κ2) is 36.4. The Morgan fingerprint density at radius 2 is 1.32 bits per heavy atom. The molecule has 0 saturated carbocycles. The van der Waals surface area contributed by atoms with Gasteiger partial charge in [-0.3, -0.25) is 0 Å². The number of unbranched alkanes of at least 4 members (excludes halogenated alkanes) is 2. The number of hydrogen-bond donors (Lipinski definition) is 1. The molecule has 0 spiro atoms. The van der Waals surface area contributed by atoms with Gasteiger partial charge in [0.15, 0.2) is 0 Å². The van der Waals surface area contributed by atoms with Crippen LogP contribution in [0.5, 0.6) is 0 Å². The van der Waals surface area contributed by atoms with E-state index in [1.165, 1.54) is 56.2 Å². The van der Waals surface area contributed by atoms with Crippen molar-refractivity contribution in [3.63, 3.8) is 0 Å². The number of rotatable bonds is 10. The van der Waals surface area contributed by atoms with Crippen molar-refractivity contribution in [2.45, 2.75) is 122 Å². The van der Waals surface area contributed by atoms with Gasteiger partial charge >= 0.3 is 0 Å². The monoisotopic (exact) mass is 481 g/mol. The molecule has 0 radical (unpaired) electrons. The molecule has 0 atom stereocenters. The average molecular weight is 481 g/mol. The van der Waals surface area contributed by atoms with E-state index in [-0.39, 0.29) is 0 Å². The van der Waals surface area contributed by atoms with Gasteiger partial charge in [-0.25, -0.2) is 0 Å². The molecule has 0 aliphatic heterocycles. The van der Waals surface area contributed by atoms with Crippen LogP contribution in [0.15, 0.2) is 42.0 Å². The highest BCUT2D eigenvalue weighted by Crippen LogP contribution is 2.20. The minimum Gasteiger partial charge on any atom is -0.319 e. The molecule has 0 amide bonds. The summed E-state index contributed by atoms with van der Waals surface area (Å²) in [4.78, 5) is 2.25. The van der Waals surface area contributed by atoms with E-state index in [0.717, 1.165) is 6.54 Å². The molecule has 0 aliphatic carbocycles. The fourth-order valence-corrected chi connectivity index (χ4v) is 2.48. The highest BCUT2D eigenvalue weighted by atomic mass is 15.0. The number of aryl methyl sites for hydroxylation is 1. The Balaban J connectivity index is -0.000000128. The van der Waals surface area contributed by atoms with Crippen LogP contribution in [-0.2, 0) is 6.42 Å². The van der Waals surface area contributed by atoms with Crippen molar-refractivity contribution in [3.8, 4) is 0 Å². The molecule has 1 aromatic rings. The zero-order chi connectivity index (χ0) is 27.8. The van der Waals surface area contributed by atoms with Gasteiger partial charge in [0.05, 0.1) is 0 Å². The highest BCUT2D eigenvalue weighted by Gasteiger charge is 2.07. The van der Waals surface area contributed by atoms with Crippen molar-refractivity contribution in [3.05, 3.63) is 47.5 Å². The molecule has 0 fully saturated rings. The van der Waals surface area contributed by atoms with E-state index in [4.69, 9.17) is 0 Å². The van der Waals surface area contributed by atoms with Crippen LogP contribution in [0.25, 0.3) is 0 Å². The molecule has 0 heterocycles. The molecular formula is C32H68N2. The third-order valence-electron chi connectivity index (χ3n) is 4.25. The Kier molecular flexibility index (Phi) is 46.1. The van der Waals surface area contributed by atoms with E-state index >= 15 is 0 Å². The van der Waals surface area contributed by atoms with Crippen molar-refractivity contribution >= 4 is 0 Å². The molecule has 2 heteroatoms. The second-order valence-corrected chi connectivity index (χ2v) is 8.77. The van der Waals surface area contributed by atoms with Crippen molar-refractivity contribution in [2.75, 3.05) is 34.2 Å². The lowest BCUT2D eigenvalue weighted by atomic mass is 9.91. The van der Waals surface area contributed by atoms with E-state index in [2.05, 4.69) is 88.4 Å². The summed E-state index contributed by atoms with van der Waals surface area (Å²) in [5, 5.41) is 3.15. The van der Waals surface area contributed by atoms with Gasteiger partial charge in [-0.1, -0.05) is 125 Å². The predicted molar refractivity (Wildman–Crippen MR) is 164 cm³/mol. The number of hydrogen-bond acceptors (Lipinski definition) is 2. The Hall–Kier alpha value is -1.12. The molecule has 1 rings (SSSR count). The topological polar surface area (TPSA) is 15.3 Å². The summed E-state index contributed by atoms with van der Waals surface area (Å²) >= 11 is 0. The SMILES string of the molecule is CC.CC.CC.CC.CN(C)CCCCCc1ccccc1.CNCC/C(C)=C/CC(C)(C)C. The summed E-state index contributed by atoms with van der Waals surface area (Å²) in [6.07, 6.45) is 9.92. The first-order valence-electron chi connectivity index (χ1n) is 14.2. The largest absolute Gasteiger partial charge is 0.319 e. The maximum Gasteiger partial charge on any atom is -0.00147 e. The van der Waals surface area contributed by atoms with Gasteiger partial charge in [0, 0.05) is 0 Å². The van der Waals surface area contributed by atoms with E-state index in [1.54, 1.807) is 0 Å². The summed E-state index contributed by atoms with van der Waals surface area (Å²) in [7, 11) is 6.27. The molecule has 206 valence electrons. The van der Waals surface area contributed by atoms with Crippen molar-refractivity contribution in [1.29, 1.82) is 0 Å². The van der Waals surface area contributed by atoms with Gasteiger partial charge in [0.25, 0.3) is 0 Å². The van der Waals surface area contributed by atoms with E-state index in [9.17, 15) is 0 Å². The average Bonchev–Trinajstić information content (AvgIpc) is 2.86. The summed E-state index contributed by atoms with van der Waals surface area (Å²) in [6, 6.07) is 10.7. The lowest BCUT2D eigenvalue weighted by molar-refractivity contribution is 0.391. The van der Waals surface area contributed by atoms with Gasteiger partial charge in [-0.05, 0) is 84.2 Å². The van der Waals surface area contributed by atoms with Gasteiger partial charge in [-0.2, -0.15) is 0 Å². The predicted octanol–water partition coefficient (Wildman–Crippen LogP) is 10.0. The van der Waals surface area contributed by atoms with E-state index in [1.807, 2.05) is 62.4 Å². The van der Waals surface area contributed by atoms with Crippen molar-refractivity contribution in [2.24, 2.45) is 5.41 Å². The number of nitrogens with one attached hydrogen (secondary N) is 1. The maximum absolute atomic E-state index is 3.15. The van der Waals surface area contributed by atoms with Crippen LogP contribution in [0.4, 0.5) is 0 Å². The summed E-state index contributed by atoms with van der Waals surface area (Å²) in [5.41, 5.74) is 3.40. The van der Waals surface area contributed by atoms with Gasteiger partial charge in [-0.15, -0.1) is 0 Å². The van der Waals surface area contributed by atoms with Crippen LogP contribution in [-0.4, -0.2) is 39.1 Å². The molecule has 0 saturated heterocycles. The quantitative estimate of drug-likeness (QED) is 0.264. The minimum absolute atomic E-state index is 0.431. The molecule has 0 aromatic heterocycles. The first-order valence-corrected chi connectivity index (χ1v) is 14.2. The molecule has 2 nitrogen and oxygen atoms in total. The molecule has 0 unspecified atom stereocenters. The van der Waals surface area contributed by atoms with E-state index < -0.39 is 0 Å². The molecule has 0 bridgehead atoms. The standard InChI is InChI=1S/C13H21N.C11H23N.4C2H6/c1-14(2)12-8-4-7-11-13-9-5-3-6-10-13;1-10(7-9-12-5)6-8-11(2,3)4;4*1-2/h3,5-6,9-10H,4,7-8,11-12H2,1-2H3;6,12H,7-9H2,1-5H3;4*1-2H3/b;10-6+;;;;. The lowest BCUT2D eigenvalue weighted by Gasteiger charge is -2.15. The van der Waals surface area contributed by atoms with Crippen molar-refractivity contribution < 1.29 is 0 Å². The Morgan fingerprint density at radius 1 is 0.824 bits per heavy atom.